The molecule has 1 aliphatic rings. The Kier molecular flexibility index (Phi) is 5.38. The van der Waals surface area contributed by atoms with Crippen LogP contribution in [0.15, 0.2) is 5.38 Å². The highest BCUT2D eigenvalue weighted by Gasteiger charge is 2.30. The Bertz CT molecular complexity index is 484. The van der Waals surface area contributed by atoms with Crippen LogP contribution in [-0.2, 0) is 4.79 Å². The van der Waals surface area contributed by atoms with Gasteiger partial charge in [0.05, 0.1) is 16.7 Å². The zero-order chi connectivity index (χ0) is 15.6. The Morgan fingerprint density at radius 3 is 2.71 bits per heavy atom. The molecule has 1 aromatic rings. The Morgan fingerprint density at radius 2 is 2.14 bits per heavy atom. The molecule has 1 saturated heterocycles. The first-order chi connectivity index (χ1) is 9.90. The highest BCUT2D eigenvalue weighted by molar-refractivity contribution is 7.09. The van der Waals surface area contributed by atoms with Crippen molar-refractivity contribution >= 4 is 17.2 Å². The largest absolute Gasteiger partial charge is 0.341 e. The lowest BCUT2D eigenvalue weighted by atomic mass is 9.96. The lowest BCUT2D eigenvalue weighted by Crippen LogP contribution is -2.49. The van der Waals surface area contributed by atoms with E-state index in [1.54, 1.807) is 11.3 Å². The van der Waals surface area contributed by atoms with E-state index in [-0.39, 0.29) is 17.9 Å². The number of nitrogens with zero attached hydrogens (tertiary/aromatic N) is 2. The maximum atomic E-state index is 12.4. The van der Waals surface area contributed by atoms with Crippen LogP contribution >= 0.6 is 11.3 Å². The maximum absolute atomic E-state index is 12.4. The highest BCUT2D eigenvalue weighted by atomic mass is 32.1. The van der Waals surface area contributed by atoms with Crippen molar-refractivity contribution in [3.63, 3.8) is 0 Å². The molecule has 2 rings (SSSR count). The third-order valence-corrected chi connectivity index (χ3v) is 5.24. The minimum Gasteiger partial charge on any atom is -0.341 e. The van der Waals surface area contributed by atoms with Gasteiger partial charge in [0.15, 0.2) is 0 Å². The van der Waals surface area contributed by atoms with Crippen molar-refractivity contribution in [3.05, 3.63) is 16.1 Å². The Hall–Kier alpha value is -0.940. The second kappa shape index (κ2) is 6.88. The van der Waals surface area contributed by atoms with Crippen molar-refractivity contribution in [1.29, 1.82) is 0 Å². The van der Waals surface area contributed by atoms with E-state index in [2.05, 4.69) is 19.2 Å². The van der Waals surface area contributed by atoms with Crippen molar-refractivity contribution in [3.8, 4) is 0 Å². The van der Waals surface area contributed by atoms with E-state index in [0.717, 1.165) is 31.6 Å². The van der Waals surface area contributed by atoms with Crippen molar-refractivity contribution in [2.45, 2.75) is 58.4 Å². The molecule has 0 aliphatic carbocycles. The highest BCUT2D eigenvalue weighted by Crippen LogP contribution is 2.31. The van der Waals surface area contributed by atoms with Crippen LogP contribution in [0.3, 0.4) is 0 Å². The van der Waals surface area contributed by atoms with E-state index in [1.807, 2.05) is 18.7 Å². The number of thiazole rings is 1. The summed E-state index contributed by atoms with van der Waals surface area (Å²) in [5, 5.41) is 3.33. The van der Waals surface area contributed by atoms with Crippen molar-refractivity contribution in [2.75, 3.05) is 13.1 Å². The zero-order valence-electron chi connectivity index (χ0n) is 13.5. The molecule has 0 spiro atoms. The number of amides is 1. The first-order valence-corrected chi connectivity index (χ1v) is 8.77. The molecule has 1 amide bonds. The van der Waals surface area contributed by atoms with Gasteiger partial charge in [-0.25, -0.2) is 4.98 Å². The number of aromatic nitrogens is 1. The number of nitrogens with two attached hydrogens (primary N) is 1. The van der Waals surface area contributed by atoms with Crippen molar-refractivity contribution in [2.24, 2.45) is 11.7 Å². The van der Waals surface area contributed by atoms with Crippen molar-refractivity contribution in [1.82, 2.24) is 9.88 Å². The number of hydrogen-bond acceptors (Lipinski definition) is 4. The van der Waals surface area contributed by atoms with Crippen LogP contribution in [0.25, 0.3) is 0 Å². The van der Waals surface area contributed by atoms with Gasteiger partial charge in [0.2, 0.25) is 5.91 Å². The fourth-order valence-electron chi connectivity index (χ4n) is 2.63. The van der Waals surface area contributed by atoms with Gasteiger partial charge < -0.3 is 10.6 Å². The Labute approximate surface area is 131 Å². The molecule has 0 aromatic carbocycles. The average molecular weight is 309 g/mol. The van der Waals surface area contributed by atoms with Gasteiger partial charge in [-0.3, -0.25) is 4.79 Å². The summed E-state index contributed by atoms with van der Waals surface area (Å²) in [5.41, 5.74) is 7.18. The number of piperidine rings is 1. The van der Waals surface area contributed by atoms with Gasteiger partial charge >= 0.3 is 0 Å². The Morgan fingerprint density at radius 1 is 1.43 bits per heavy atom. The fourth-order valence-corrected chi connectivity index (χ4v) is 3.74. The molecule has 2 heterocycles. The number of carbonyl (C=O) groups excluding carboxylic acids is 1. The molecule has 1 unspecified atom stereocenters. The average Bonchev–Trinajstić information content (AvgIpc) is 2.95. The molecule has 0 saturated carbocycles. The van der Waals surface area contributed by atoms with Crippen molar-refractivity contribution < 1.29 is 4.79 Å². The SMILES string of the molecule is CC(C)c1csc(C2CCCN(C(=O)[C@@H](N)C(C)C)C2)n1. The van der Waals surface area contributed by atoms with E-state index in [1.165, 1.54) is 5.01 Å². The monoisotopic (exact) mass is 309 g/mol. The number of likely N-dealkylation sites (tertiary alicyclic amines) is 1. The molecule has 1 aliphatic heterocycles. The first-order valence-electron chi connectivity index (χ1n) is 7.89. The summed E-state index contributed by atoms with van der Waals surface area (Å²) in [6.45, 7) is 9.93. The third kappa shape index (κ3) is 3.83. The molecule has 4 nitrogen and oxygen atoms in total. The normalized spacial score (nSPS) is 21.1. The summed E-state index contributed by atoms with van der Waals surface area (Å²) >= 11 is 1.73. The molecule has 1 aromatic heterocycles. The zero-order valence-corrected chi connectivity index (χ0v) is 14.3. The smallest absolute Gasteiger partial charge is 0.239 e. The first kappa shape index (κ1) is 16.4. The summed E-state index contributed by atoms with van der Waals surface area (Å²) < 4.78 is 0. The van der Waals surface area contributed by atoms with Crippen LogP contribution < -0.4 is 5.73 Å². The summed E-state index contributed by atoms with van der Waals surface area (Å²) in [7, 11) is 0. The van der Waals surface area contributed by atoms with E-state index < -0.39 is 0 Å². The van der Waals surface area contributed by atoms with E-state index in [0.29, 0.717) is 11.8 Å². The molecule has 1 fully saturated rings. The second-order valence-corrected chi connectivity index (χ2v) is 7.55. The topological polar surface area (TPSA) is 59.2 Å². The van der Waals surface area contributed by atoms with Crippen LogP contribution in [0.4, 0.5) is 0 Å². The lowest BCUT2D eigenvalue weighted by Gasteiger charge is -2.34. The number of carbonyl (C=O) groups is 1. The maximum Gasteiger partial charge on any atom is 0.239 e. The second-order valence-electron chi connectivity index (χ2n) is 6.66. The van der Waals surface area contributed by atoms with Gasteiger partial charge in [0.1, 0.15) is 0 Å². The number of rotatable bonds is 4. The van der Waals surface area contributed by atoms with Crippen LogP contribution in [0.5, 0.6) is 0 Å². The molecular weight excluding hydrogens is 282 g/mol. The van der Waals surface area contributed by atoms with E-state index >= 15 is 0 Å². The van der Waals surface area contributed by atoms with E-state index in [9.17, 15) is 4.79 Å². The van der Waals surface area contributed by atoms with Crippen LogP contribution in [-0.4, -0.2) is 34.9 Å². The summed E-state index contributed by atoms with van der Waals surface area (Å²) in [5.74, 6) is 1.12. The minimum absolute atomic E-state index is 0.0929. The summed E-state index contributed by atoms with van der Waals surface area (Å²) in [4.78, 5) is 19.1. The molecule has 0 radical (unpaired) electrons. The van der Waals surface area contributed by atoms with Crippen LogP contribution in [0, 0.1) is 5.92 Å². The number of hydrogen-bond donors (Lipinski definition) is 1. The summed E-state index contributed by atoms with van der Waals surface area (Å²) in [6, 6.07) is -0.383. The molecule has 2 atom stereocenters. The molecule has 5 heteroatoms. The van der Waals surface area contributed by atoms with Crippen LogP contribution in [0.2, 0.25) is 0 Å². The van der Waals surface area contributed by atoms with Gasteiger partial charge in [-0.05, 0) is 24.7 Å². The van der Waals surface area contributed by atoms with Crippen LogP contribution in [0.1, 0.15) is 63.1 Å². The molecule has 2 N–H and O–H groups in total. The van der Waals surface area contributed by atoms with Gasteiger partial charge in [0, 0.05) is 24.4 Å². The fraction of sp³-hybridized carbons (Fsp3) is 0.750. The van der Waals surface area contributed by atoms with Gasteiger partial charge in [-0.15, -0.1) is 11.3 Å². The standard InChI is InChI=1S/C16H27N3OS/c1-10(2)13-9-21-15(18-13)12-6-5-7-19(8-12)16(20)14(17)11(3)4/h9-12,14H,5-8,17H2,1-4H3/t12?,14-/m0/s1. The lowest BCUT2D eigenvalue weighted by molar-refractivity contribution is -0.134. The predicted octanol–water partition coefficient (Wildman–Crippen LogP) is 2.96. The van der Waals surface area contributed by atoms with Gasteiger partial charge in [-0.1, -0.05) is 27.7 Å². The third-order valence-electron chi connectivity index (χ3n) is 4.22. The minimum atomic E-state index is -0.383. The summed E-state index contributed by atoms with van der Waals surface area (Å²) in [6.07, 6.45) is 2.16. The van der Waals surface area contributed by atoms with Gasteiger partial charge in [-0.2, -0.15) is 0 Å². The quantitative estimate of drug-likeness (QED) is 0.930. The predicted molar refractivity (Wildman–Crippen MR) is 87.6 cm³/mol. The Balaban J connectivity index is 2.04. The molecule has 118 valence electrons. The van der Waals surface area contributed by atoms with E-state index in [4.69, 9.17) is 10.7 Å². The molecule has 0 bridgehead atoms. The molecule has 21 heavy (non-hydrogen) atoms. The molecular formula is C16H27N3OS. The van der Waals surface area contributed by atoms with Gasteiger partial charge in [0.25, 0.3) is 0 Å².